The van der Waals surface area contributed by atoms with Crippen LogP contribution in [0.5, 0.6) is 11.5 Å². The molecule has 2 nitrogen and oxygen atoms in total. The number of hydrogen-bond donors (Lipinski definition) is 1. The van der Waals surface area contributed by atoms with E-state index >= 15 is 0 Å². The zero-order valence-electron chi connectivity index (χ0n) is 19.2. The maximum Gasteiger partial charge on any atom is 0.115 e. The molecule has 0 aliphatic carbocycles. The van der Waals surface area contributed by atoms with Gasteiger partial charge in [0.05, 0.1) is 0 Å². The van der Waals surface area contributed by atoms with Gasteiger partial charge in [-0.25, -0.2) is 0 Å². The molecule has 5 aromatic rings. The van der Waals surface area contributed by atoms with Crippen LogP contribution in [-0.4, -0.2) is 12.2 Å². The van der Waals surface area contributed by atoms with Gasteiger partial charge in [0.25, 0.3) is 0 Å². The Bertz CT molecular complexity index is 1180. The average Bonchev–Trinajstić information content (AvgIpc) is 2.92. The SMILES string of the molecule is COc1ccccc1[PH](c1ccccc1)(c1ccccc1)c1ccccc1.Oc1ccccc1. The van der Waals surface area contributed by atoms with E-state index in [-0.39, 0.29) is 0 Å². The van der Waals surface area contributed by atoms with Gasteiger partial charge in [-0.3, -0.25) is 0 Å². The van der Waals surface area contributed by atoms with Crippen LogP contribution in [0.25, 0.3) is 0 Å². The first-order valence-corrected chi connectivity index (χ1v) is 13.3. The summed E-state index contributed by atoms with van der Waals surface area (Å²) < 4.78 is 5.85. The molecule has 0 aliphatic heterocycles. The van der Waals surface area contributed by atoms with Gasteiger partial charge in [-0.15, -0.1) is 0 Å². The van der Waals surface area contributed by atoms with Gasteiger partial charge < -0.3 is 5.11 Å². The molecule has 0 bridgehead atoms. The third-order valence-corrected chi connectivity index (χ3v) is 10.7. The number of para-hydroxylation sites is 2. The minimum absolute atomic E-state index is 0.322. The van der Waals surface area contributed by atoms with Crippen molar-refractivity contribution >= 4 is 28.5 Å². The van der Waals surface area contributed by atoms with Crippen molar-refractivity contribution < 1.29 is 9.84 Å². The van der Waals surface area contributed by atoms with E-state index in [1.54, 1.807) is 31.4 Å². The number of benzene rings is 5. The fourth-order valence-electron chi connectivity index (χ4n) is 4.41. The normalized spacial score (nSPS) is 11.1. The van der Waals surface area contributed by atoms with Crippen molar-refractivity contribution in [1.29, 1.82) is 0 Å². The summed E-state index contributed by atoms with van der Waals surface area (Å²) in [6.45, 7) is 0. The van der Waals surface area contributed by atoms with Crippen LogP contribution in [0, 0.1) is 0 Å². The minimum atomic E-state index is -2.49. The number of hydrogen-bond acceptors (Lipinski definition) is 2. The van der Waals surface area contributed by atoms with E-state index in [0.717, 1.165) is 5.75 Å². The summed E-state index contributed by atoms with van der Waals surface area (Å²) in [4.78, 5) is 0. The quantitative estimate of drug-likeness (QED) is 0.351. The van der Waals surface area contributed by atoms with Crippen LogP contribution >= 0.6 is 7.26 Å². The summed E-state index contributed by atoms with van der Waals surface area (Å²) in [5.41, 5.74) is 0. The Morgan fingerprint density at radius 2 is 0.824 bits per heavy atom. The third-order valence-electron chi connectivity index (χ3n) is 5.89. The molecule has 0 unspecified atom stereocenters. The van der Waals surface area contributed by atoms with Crippen molar-refractivity contribution in [3.05, 3.63) is 146 Å². The van der Waals surface area contributed by atoms with Gasteiger partial charge in [0.1, 0.15) is 5.75 Å². The van der Waals surface area contributed by atoms with Crippen molar-refractivity contribution in [2.45, 2.75) is 0 Å². The predicted molar refractivity (Wildman–Crippen MR) is 147 cm³/mol. The van der Waals surface area contributed by atoms with Crippen molar-refractivity contribution in [3.8, 4) is 11.5 Å². The Morgan fingerprint density at radius 3 is 1.18 bits per heavy atom. The second-order valence-corrected chi connectivity index (χ2v) is 11.7. The van der Waals surface area contributed by atoms with Crippen molar-refractivity contribution in [1.82, 2.24) is 0 Å². The molecule has 0 saturated carbocycles. The summed E-state index contributed by atoms with van der Waals surface area (Å²) >= 11 is 0. The molecule has 0 amide bonds. The first kappa shape index (κ1) is 23.3. The van der Waals surface area contributed by atoms with Gasteiger partial charge in [0.15, 0.2) is 0 Å². The first-order chi connectivity index (χ1) is 16.8. The van der Waals surface area contributed by atoms with E-state index in [1.807, 2.05) is 12.1 Å². The molecule has 0 fully saturated rings. The summed E-state index contributed by atoms with van der Waals surface area (Å²) in [6.07, 6.45) is 0. The van der Waals surface area contributed by atoms with Crippen LogP contribution in [0.4, 0.5) is 0 Å². The molecule has 0 atom stereocenters. The Balaban J connectivity index is 0.000000336. The molecular weight excluding hydrogens is 435 g/mol. The topological polar surface area (TPSA) is 29.5 Å². The third kappa shape index (κ3) is 4.88. The Hall–Kier alpha value is -3.87. The van der Waals surface area contributed by atoms with E-state index < -0.39 is 7.26 Å². The molecule has 3 heteroatoms. The zero-order valence-corrected chi connectivity index (χ0v) is 20.2. The Labute approximate surface area is 202 Å². The number of phenolic OH excluding ortho intramolecular Hbond substituents is 1. The van der Waals surface area contributed by atoms with Gasteiger partial charge in [-0.05, 0) is 12.1 Å². The maximum atomic E-state index is 8.63. The Morgan fingerprint density at radius 1 is 0.471 bits per heavy atom. The van der Waals surface area contributed by atoms with Crippen LogP contribution in [0.2, 0.25) is 0 Å². The van der Waals surface area contributed by atoms with Crippen LogP contribution in [0.15, 0.2) is 146 Å². The van der Waals surface area contributed by atoms with E-state index in [9.17, 15) is 0 Å². The standard InChI is InChI=1S/C25H23OP.C6H6O/c1-26-24-19-11-12-20-25(24)27(21-13-5-2-6-14-21,22-15-7-3-8-16-22)23-17-9-4-10-18-23;7-6-4-2-1-3-5-6/h2-20,27H,1H3;1-5,7H. The van der Waals surface area contributed by atoms with E-state index in [1.165, 1.54) is 21.2 Å². The molecule has 0 spiro atoms. The van der Waals surface area contributed by atoms with Crippen LogP contribution < -0.4 is 26.0 Å². The predicted octanol–water partition coefficient (Wildman–Crippen LogP) is 5.44. The van der Waals surface area contributed by atoms with Gasteiger partial charge in [0.2, 0.25) is 0 Å². The number of rotatable bonds is 5. The summed E-state index contributed by atoms with van der Waals surface area (Å²) in [5.74, 6) is 1.27. The zero-order chi connectivity index (χ0) is 23.6. The van der Waals surface area contributed by atoms with Gasteiger partial charge in [-0.1, -0.05) is 18.2 Å². The number of ether oxygens (including phenoxy) is 1. The molecule has 170 valence electrons. The first-order valence-electron chi connectivity index (χ1n) is 11.3. The molecule has 0 radical (unpaired) electrons. The molecule has 1 N–H and O–H groups in total. The molecule has 5 aromatic carbocycles. The minimum Gasteiger partial charge on any atom is -0.508 e. The summed E-state index contributed by atoms with van der Waals surface area (Å²) in [7, 11) is -0.728. The van der Waals surface area contributed by atoms with Crippen LogP contribution in [0.3, 0.4) is 0 Å². The van der Waals surface area contributed by atoms with E-state index in [4.69, 9.17) is 9.84 Å². The fourth-order valence-corrected chi connectivity index (χ4v) is 9.32. The monoisotopic (exact) mass is 464 g/mol. The van der Waals surface area contributed by atoms with E-state index in [2.05, 4.69) is 109 Å². The average molecular weight is 465 g/mol. The van der Waals surface area contributed by atoms with Gasteiger partial charge >= 0.3 is 161 Å². The fraction of sp³-hybridized carbons (Fsp3) is 0.0323. The molecule has 0 aliphatic rings. The molecule has 34 heavy (non-hydrogen) atoms. The smallest absolute Gasteiger partial charge is 0.115 e. The van der Waals surface area contributed by atoms with Crippen molar-refractivity contribution in [3.63, 3.8) is 0 Å². The second-order valence-electron chi connectivity index (χ2n) is 7.88. The van der Waals surface area contributed by atoms with Gasteiger partial charge in [-0.2, -0.15) is 0 Å². The second kappa shape index (κ2) is 11.3. The molecular formula is C31H29O2P. The summed E-state index contributed by atoms with van der Waals surface area (Å²) in [6, 6.07) is 49.8. The Kier molecular flexibility index (Phi) is 7.75. The maximum absolute atomic E-state index is 8.63. The number of aromatic hydroxyl groups is 1. The van der Waals surface area contributed by atoms with Crippen molar-refractivity contribution in [2.75, 3.05) is 7.11 Å². The number of phenols is 1. The summed E-state index contributed by atoms with van der Waals surface area (Å²) in [5, 5.41) is 14.0. The molecule has 0 aromatic heterocycles. The molecule has 0 saturated heterocycles. The van der Waals surface area contributed by atoms with Crippen LogP contribution in [0.1, 0.15) is 0 Å². The largest absolute Gasteiger partial charge is 0.508 e. The number of methoxy groups -OCH3 is 1. The van der Waals surface area contributed by atoms with Gasteiger partial charge in [0, 0.05) is 0 Å². The van der Waals surface area contributed by atoms with Crippen LogP contribution in [-0.2, 0) is 0 Å². The van der Waals surface area contributed by atoms with E-state index in [0.29, 0.717) is 5.75 Å². The van der Waals surface area contributed by atoms with Crippen molar-refractivity contribution in [2.24, 2.45) is 0 Å². The molecule has 0 heterocycles. The molecule has 5 rings (SSSR count).